The van der Waals surface area contributed by atoms with Gasteiger partial charge in [0.25, 0.3) is 5.91 Å². The molecular weight excluding hydrogens is 522 g/mol. The average molecular weight is 550 g/mol. The van der Waals surface area contributed by atoms with Gasteiger partial charge in [-0.2, -0.15) is 9.30 Å². The van der Waals surface area contributed by atoms with Gasteiger partial charge < -0.3 is 9.30 Å². The molecule has 0 N–H and O–H groups in total. The molecule has 0 aliphatic carbocycles. The number of rotatable bonds is 7. The number of fused-ring (bicyclic) bond motifs is 1. The van der Waals surface area contributed by atoms with Crippen molar-refractivity contribution in [1.29, 1.82) is 0 Å². The quantitative estimate of drug-likeness (QED) is 0.401. The standard InChI is InChI=1S/C25H28ClN3O5S2/c1-3-18-8-5-6-15-29(18)36(32,33)19-13-11-17(12-14-19)24(31)27-25-28(16-22(30)34-4-2)23-20(26)9-7-10-21(23)35-25/h7,9-14,18H,3-6,8,15-16H2,1-2H3. The maximum absolute atomic E-state index is 13.2. The van der Waals surface area contributed by atoms with Crippen LogP contribution in [0.15, 0.2) is 52.4 Å². The molecule has 0 radical (unpaired) electrons. The van der Waals surface area contributed by atoms with Crippen molar-refractivity contribution in [1.82, 2.24) is 8.87 Å². The summed E-state index contributed by atoms with van der Waals surface area (Å²) in [6.07, 6.45) is 3.49. The van der Waals surface area contributed by atoms with E-state index in [1.165, 1.54) is 35.6 Å². The number of benzene rings is 2. The van der Waals surface area contributed by atoms with Crippen LogP contribution in [0.3, 0.4) is 0 Å². The Kier molecular flexibility index (Phi) is 8.29. The zero-order valence-electron chi connectivity index (χ0n) is 20.1. The number of sulfonamides is 1. The molecule has 2 aromatic carbocycles. The Morgan fingerprint density at radius 3 is 2.58 bits per heavy atom. The number of nitrogens with zero attached hydrogens (tertiary/aromatic N) is 3. The number of carbonyl (C=O) groups is 2. The summed E-state index contributed by atoms with van der Waals surface area (Å²) < 4.78 is 35.4. The lowest BCUT2D eigenvalue weighted by Crippen LogP contribution is -2.43. The molecule has 1 unspecified atom stereocenters. The Balaban J connectivity index is 1.66. The van der Waals surface area contributed by atoms with Crippen molar-refractivity contribution in [2.75, 3.05) is 13.2 Å². The van der Waals surface area contributed by atoms with Gasteiger partial charge in [-0.1, -0.05) is 42.3 Å². The highest BCUT2D eigenvalue weighted by molar-refractivity contribution is 7.89. The third kappa shape index (κ3) is 5.41. The largest absolute Gasteiger partial charge is 0.465 e. The smallest absolute Gasteiger partial charge is 0.326 e. The van der Waals surface area contributed by atoms with Crippen molar-refractivity contribution < 1.29 is 22.7 Å². The number of hydrogen-bond acceptors (Lipinski definition) is 6. The minimum atomic E-state index is -3.65. The van der Waals surface area contributed by atoms with Gasteiger partial charge in [0.1, 0.15) is 6.54 Å². The normalized spacial score (nSPS) is 17.4. The first-order valence-electron chi connectivity index (χ1n) is 11.9. The molecule has 4 rings (SSSR count). The molecule has 0 bridgehead atoms. The molecule has 2 heterocycles. The highest BCUT2D eigenvalue weighted by Crippen LogP contribution is 2.28. The summed E-state index contributed by atoms with van der Waals surface area (Å²) in [4.78, 5) is 29.9. The second kappa shape index (κ2) is 11.2. The fraction of sp³-hybridized carbons (Fsp3) is 0.400. The van der Waals surface area contributed by atoms with E-state index in [0.717, 1.165) is 30.4 Å². The van der Waals surface area contributed by atoms with Crippen LogP contribution in [0.4, 0.5) is 0 Å². The molecule has 1 aromatic heterocycles. The summed E-state index contributed by atoms with van der Waals surface area (Å²) in [7, 11) is -3.65. The van der Waals surface area contributed by atoms with Crippen LogP contribution < -0.4 is 4.80 Å². The van der Waals surface area contributed by atoms with Gasteiger partial charge in [0.2, 0.25) is 10.0 Å². The highest BCUT2D eigenvalue weighted by Gasteiger charge is 2.32. The maximum Gasteiger partial charge on any atom is 0.326 e. The van der Waals surface area contributed by atoms with E-state index in [-0.39, 0.29) is 29.7 Å². The van der Waals surface area contributed by atoms with Crippen molar-refractivity contribution >= 4 is 55.1 Å². The lowest BCUT2D eigenvalue weighted by molar-refractivity contribution is -0.143. The molecule has 1 aliphatic rings. The molecule has 192 valence electrons. The third-order valence-corrected chi connectivity index (χ3v) is 9.51. The maximum atomic E-state index is 13.2. The minimum absolute atomic E-state index is 0.00492. The molecule has 1 atom stereocenters. The first-order chi connectivity index (χ1) is 17.3. The zero-order chi connectivity index (χ0) is 25.9. The van der Waals surface area contributed by atoms with Gasteiger partial charge in [-0.3, -0.25) is 9.59 Å². The number of aromatic nitrogens is 1. The fourth-order valence-electron chi connectivity index (χ4n) is 4.41. The number of esters is 1. The van der Waals surface area contributed by atoms with Crippen LogP contribution in [0.2, 0.25) is 5.02 Å². The van der Waals surface area contributed by atoms with E-state index >= 15 is 0 Å². The van der Waals surface area contributed by atoms with Crippen molar-refractivity contribution in [2.24, 2.45) is 4.99 Å². The van der Waals surface area contributed by atoms with Crippen LogP contribution in [-0.4, -0.2) is 48.4 Å². The Morgan fingerprint density at radius 2 is 1.89 bits per heavy atom. The second-order valence-corrected chi connectivity index (χ2v) is 11.8. The predicted octanol–water partition coefficient (Wildman–Crippen LogP) is 4.61. The van der Waals surface area contributed by atoms with E-state index in [1.807, 2.05) is 13.0 Å². The molecule has 1 fully saturated rings. The number of thiazole rings is 1. The van der Waals surface area contributed by atoms with E-state index in [2.05, 4.69) is 4.99 Å². The minimum Gasteiger partial charge on any atom is -0.465 e. The lowest BCUT2D eigenvalue weighted by Gasteiger charge is -2.34. The lowest BCUT2D eigenvalue weighted by atomic mass is 10.0. The summed E-state index contributed by atoms with van der Waals surface area (Å²) in [6, 6.07) is 11.2. The Morgan fingerprint density at radius 1 is 1.14 bits per heavy atom. The van der Waals surface area contributed by atoms with Crippen LogP contribution in [-0.2, 0) is 26.1 Å². The Bertz CT molecular complexity index is 1440. The number of para-hydroxylation sites is 1. The first-order valence-corrected chi connectivity index (χ1v) is 14.5. The molecule has 36 heavy (non-hydrogen) atoms. The van der Waals surface area contributed by atoms with Crippen LogP contribution in [0.1, 0.15) is 49.9 Å². The van der Waals surface area contributed by atoms with Crippen LogP contribution in [0, 0.1) is 0 Å². The molecule has 0 saturated carbocycles. The van der Waals surface area contributed by atoms with Crippen molar-refractivity contribution in [3.05, 3.63) is 57.9 Å². The topological polar surface area (TPSA) is 98.0 Å². The number of halogens is 1. The van der Waals surface area contributed by atoms with E-state index in [9.17, 15) is 18.0 Å². The molecule has 1 aliphatic heterocycles. The van der Waals surface area contributed by atoms with Gasteiger partial charge in [0, 0.05) is 18.2 Å². The van der Waals surface area contributed by atoms with Crippen LogP contribution in [0.25, 0.3) is 10.2 Å². The summed E-state index contributed by atoms with van der Waals surface area (Å²) in [5, 5.41) is 0.430. The average Bonchev–Trinajstić information content (AvgIpc) is 3.21. The molecule has 1 amide bonds. The monoisotopic (exact) mass is 549 g/mol. The van der Waals surface area contributed by atoms with E-state index in [0.29, 0.717) is 21.9 Å². The second-order valence-electron chi connectivity index (χ2n) is 8.48. The summed E-state index contributed by atoms with van der Waals surface area (Å²) in [5.41, 5.74) is 0.836. The SMILES string of the molecule is CCOC(=O)Cn1c(=NC(=O)c2ccc(S(=O)(=O)N3CCCCC3CC)cc2)sc2cccc(Cl)c21. The predicted molar refractivity (Wildman–Crippen MR) is 140 cm³/mol. The molecule has 8 nitrogen and oxygen atoms in total. The molecule has 11 heteroatoms. The van der Waals surface area contributed by atoms with Gasteiger partial charge >= 0.3 is 5.97 Å². The highest BCUT2D eigenvalue weighted by atomic mass is 35.5. The molecule has 1 saturated heterocycles. The van der Waals surface area contributed by atoms with Gasteiger partial charge in [-0.25, -0.2) is 8.42 Å². The van der Waals surface area contributed by atoms with Gasteiger partial charge in [-0.05, 0) is 62.6 Å². The summed E-state index contributed by atoms with van der Waals surface area (Å²) >= 11 is 7.61. The fourth-order valence-corrected chi connectivity index (χ4v) is 7.56. The Hall–Kier alpha value is -2.53. The van der Waals surface area contributed by atoms with E-state index in [4.69, 9.17) is 16.3 Å². The number of piperidine rings is 1. The van der Waals surface area contributed by atoms with E-state index in [1.54, 1.807) is 27.9 Å². The van der Waals surface area contributed by atoms with Crippen molar-refractivity contribution in [2.45, 2.75) is 57.0 Å². The Labute approximate surface area is 219 Å². The summed E-state index contributed by atoms with van der Waals surface area (Å²) in [6.45, 7) is 4.30. The number of carbonyl (C=O) groups excluding carboxylic acids is 2. The number of amides is 1. The van der Waals surface area contributed by atoms with Crippen molar-refractivity contribution in [3.63, 3.8) is 0 Å². The van der Waals surface area contributed by atoms with Gasteiger partial charge in [-0.15, -0.1) is 0 Å². The van der Waals surface area contributed by atoms with Crippen LogP contribution >= 0.6 is 22.9 Å². The van der Waals surface area contributed by atoms with Gasteiger partial charge in [0.05, 0.1) is 26.7 Å². The van der Waals surface area contributed by atoms with Gasteiger partial charge in [0.15, 0.2) is 4.80 Å². The van der Waals surface area contributed by atoms with E-state index < -0.39 is 21.9 Å². The van der Waals surface area contributed by atoms with Crippen molar-refractivity contribution in [3.8, 4) is 0 Å². The molecular formula is C25H28ClN3O5S2. The van der Waals surface area contributed by atoms with Crippen LogP contribution in [0.5, 0.6) is 0 Å². The zero-order valence-corrected chi connectivity index (χ0v) is 22.5. The number of ether oxygens (including phenoxy) is 1. The molecule has 0 spiro atoms. The third-order valence-electron chi connectivity index (χ3n) is 6.19. The summed E-state index contributed by atoms with van der Waals surface area (Å²) in [5.74, 6) is -1.02. The number of hydrogen-bond donors (Lipinski definition) is 0. The first kappa shape index (κ1) is 26.5. The molecule has 3 aromatic rings.